The van der Waals surface area contributed by atoms with E-state index in [4.69, 9.17) is 59.1 Å². The van der Waals surface area contributed by atoms with Gasteiger partial charge in [0.2, 0.25) is 9.23 Å². The lowest BCUT2D eigenvalue weighted by atomic mass is 10.1. The molecule has 0 saturated heterocycles. The van der Waals surface area contributed by atoms with E-state index in [1.54, 1.807) is 54.7 Å². The molecule has 1 aliphatic carbocycles. The number of ether oxygens (including phenoxy) is 1. The number of thiophene rings is 8. The van der Waals surface area contributed by atoms with E-state index in [1.807, 2.05) is 17.5 Å². The van der Waals surface area contributed by atoms with Crippen LogP contribution in [0.5, 0.6) is 0 Å². The van der Waals surface area contributed by atoms with Gasteiger partial charge in [-0.1, -0.05) is 53.6 Å². The smallest absolute Gasteiger partial charge is 0.330 e. The molecule has 28 heteroatoms. The zero-order valence-electron chi connectivity index (χ0n) is 36.1. The molecular weight excluding hydrogens is 1350 g/mol. The highest BCUT2D eigenvalue weighted by atomic mass is 127. The van der Waals surface area contributed by atoms with Gasteiger partial charge in [-0.3, -0.25) is 9.59 Å². The summed E-state index contributed by atoms with van der Waals surface area (Å²) in [5.74, 6) is -3.72. The van der Waals surface area contributed by atoms with Crippen molar-refractivity contribution in [1.29, 1.82) is 0 Å². The van der Waals surface area contributed by atoms with Crippen LogP contribution in [-0.2, 0) is 33.1 Å². The van der Waals surface area contributed by atoms with Gasteiger partial charge in [-0.2, -0.15) is 0 Å². The molecule has 8 aromatic heterocycles. The lowest BCUT2D eigenvalue weighted by molar-refractivity contribution is -0.137. The molecule has 9 rings (SSSR count). The summed E-state index contributed by atoms with van der Waals surface area (Å²) in [6.07, 6.45) is 15.7. The van der Waals surface area contributed by atoms with E-state index in [0.29, 0.717) is 37.2 Å². The van der Waals surface area contributed by atoms with E-state index in [2.05, 4.69) is 44.0 Å². The topological polar surface area (TPSA) is 189 Å². The molecule has 0 atom stereocenters. The zero-order chi connectivity index (χ0) is 53.9. The number of aliphatic carboxylic acids is 3. The Balaban J connectivity index is 0.000000196. The number of carbonyl (C=O) groups is 6. The first-order chi connectivity index (χ1) is 34.6. The second-order valence-electron chi connectivity index (χ2n) is 13.0. The van der Waals surface area contributed by atoms with Gasteiger partial charge >= 0.3 is 23.9 Å². The summed E-state index contributed by atoms with van der Waals surface area (Å²) in [5.41, 5.74) is 1.70. The molecule has 8 aromatic rings. The molecule has 73 heavy (non-hydrogen) atoms. The van der Waals surface area contributed by atoms with Gasteiger partial charge in [0.1, 0.15) is 4.88 Å². The Kier molecular flexibility index (Phi) is 26.3. The SMILES string of the molecule is CCOC(=O)/C=C\c1ccc(C=O)s1.Fc1csc2c1sc1c(F)csc12.O=C(Cl)c1sc2c(sc3c(Cl)c(I)sc32)c1Cl.O=C(O)C=CC1=CC=C(/C=C\C(=O)O)C1.O=C(O)C=Cc1cccs1.O=S(Cl)Cl. The fourth-order valence-electron chi connectivity index (χ4n) is 5.29. The molecule has 384 valence electrons. The Labute approximate surface area is 484 Å². The first-order valence-corrected chi connectivity index (χ1v) is 31.1. The fraction of sp³-hybridized carbons (Fsp3) is 0.0667. The number of esters is 1. The summed E-state index contributed by atoms with van der Waals surface area (Å²) < 4.78 is 48.0. The van der Waals surface area contributed by atoms with Gasteiger partial charge in [0.15, 0.2) is 17.9 Å². The second kappa shape index (κ2) is 30.9. The number of rotatable bonds is 11. The van der Waals surface area contributed by atoms with Crippen molar-refractivity contribution in [3.8, 4) is 0 Å². The van der Waals surface area contributed by atoms with Crippen LogP contribution in [0.25, 0.3) is 49.8 Å². The molecule has 8 heterocycles. The number of fused-ring (bicyclic) bond motifs is 6. The molecule has 0 bridgehead atoms. The average molecular weight is 1380 g/mol. The third-order valence-electron chi connectivity index (χ3n) is 8.15. The molecule has 3 N–H and O–H groups in total. The van der Waals surface area contributed by atoms with Crippen molar-refractivity contribution < 1.29 is 61.8 Å². The standard InChI is InChI=1S/C11H10O4.C10H10O3S.C9Cl3IOS3.C8H2F2S3.C7H6O2S.Cl2OS/c12-10(13)5-3-8-1-2-9(7-8)4-6-11(14)15;1-2-13-10(12)6-5-8-3-4-9(7-11)14-8;10-1-3-6(16-5(1)8(12)14)7-4(15-3)2(11)9(13)17-7;9-3-1-11-7-5(3)13-6-4(10)2-12-8(6)7;8-7(9)4-3-6-2-1-5-10-6;1-4(2)3/h1-6H,7H2,(H,12,13)(H,14,15);3-7H,2H2,1H3;;1-2H;1-5H,(H,8,9);/b5-3-,6-4?;6-5-;;;;. The number of hydrogen-bond acceptors (Lipinski definition) is 16. The van der Waals surface area contributed by atoms with Gasteiger partial charge in [0.05, 0.1) is 62.0 Å². The predicted octanol–water partition coefficient (Wildman–Crippen LogP) is 17.5. The van der Waals surface area contributed by atoms with E-state index < -0.39 is 32.4 Å². The van der Waals surface area contributed by atoms with E-state index in [0.717, 1.165) is 81.5 Å². The Hall–Kier alpha value is -3.51. The van der Waals surface area contributed by atoms with Crippen LogP contribution in [0.4, 0.5) is 8.78 Å². The van der Waals surface area contributed by atoms with Crippen LogP contribution in [0.15, 0.2) is 100 Å². The van der Waals surface area contributed by atoms with Crippen LogP contribution < -0.4 is 0 Å². The Morgan fingerprint density at radius 3 is 1.64 bits per heavy atom. The Morgan fingerprint density at radius 1 is 0.671 bits per heavy atom. The van der Waals surface area contributed by atoms with E-state index >= 15 is 0 Å². The van der Waals surface area contributed by atoms with Crippen molar-refractivity contribution >= 4 is 264 Å². The van der Waals surface area contributed by atoms with Crippen LogP contribution >= 0.6 is 169 Å². The zero-order valence-corrected chi connectivity index (χ0v) is 49.4. The van der Waals surface area contributed by atoms with Crippen molar-refractivity contribution in [2.75, 3.05) is 6.61 Å². The lowest BCUT2D eigenvalue weighted by Crippen LogP contribution is -1.98. The molecule has 0 spiro atoms. The molecule has 0 aliphatic heterocycles. The minimum Gasteiger partial charge on any atom is -0.478 e. The molecule has 0 radical (unpaired) electrons. The van der Waals surface area contributed by atoms with Gasteiger partial charge in [-0.25, -0.2) is 32.2 Å². The maximum atomic E-state index is 13.1. The molecule has 0 saturated carbocycles. The number of hydrogen-bond donors (Lipinski definition) is 3. The normalized spacial score (nSPS) is 12.0. The highest BCUT2D eigenvalue weighted by molar-refractivity contribution is 14.1. The second-order valence-corrected chi connectivity index (χ2v) is 26.4. The third-order valence-corrected chi connectivity index (χ3v) is 20.3. The van der Waals surface area contributed by atoms with Gasteiger partial charge in [0.25, 0.3) is 5.24 Å². The van der Waals surface area contributed by atoms with E-state index in [9.17, 15) is 37.5 Å². The number of aldehydes is 1. The third kappa shape index (κ3) is 19.5. The molecule has 0 unspecified atom stereocenters. The number of carboxylic acids is 3. The van der Waals surface area contributed by atoms with Crippen molar-refractivity contribution in [2.24, 2.45) is 0 Å². The predicted molar refractivity (Wildman–Crippen MR) is 314 cm³/mol. The summed E-state index contributed by atoms with van der Waals surface area (Å²) in [5, 5.41) is 30.6. The van der Waals surface area contributed by atoms with Crippen molar-refractivity contribution in [2.45, 2.75) is 13.3 Å². The van der Waals surface area contributed by atoms with Crippen LogP contribution in [-0.4, -0.2) is 61.5 Å². The van der Waals surface area contributed by atoms with Crippen molar-refractivity contribution in [3.05, 3.63) is 144 Å². The minimum absolute atomic E-state index is 0.229. The molecule has 0 amide bonds. The Morgan fingerprint density at radius 2 is 1.16 bits per heavy atom. The molecule has 11 nitrogen and oxygen atoms in total. The minimum atomic E-state index is -1.67. The molecule has 0 aromatic carbocycles. The van der Waals surface area contributed by atoms with E-state index in [-0.39, 0.29) is 17.6 Å². The quantitative estimate of drug-likeness (QED) is 0.0367. The Bertz CT molecular complexity index is 3380. The number of carboxylic acid groups (broad SMARTS) is 3. The highest BCUT2D eigenvalue weighted by Crippen LogP contribution is 2.51. The van der Waals surface area contributed by atoms with E-state index in [1.165, 1.54) is 108 Å². The fourth-order valence-corrected chi connectivity index (χ4v) is 16.0. The number of allylic oxidation sites excluding steroid dienone is 6. The van der Waals surface area contributed by atoms with Gasteiger partial charge in [0, 0.05) is 66.2 Å². The van der Waals surface area contributed by atoms with Gasteiger partial charge in [-0.05, 0) is 94.4 Å². The van der Waals surface area contributed by atoms with Crippen molar-refractivity contribution in [1.82, 2.24) is 0 Å². The number of halogens is 8. The van der Waals surface area contributed by atoms with Gasteiger partial charge < -0.3 is 20.1 Å². The largest absolute Gasteiger partial charge is 0.478 e. The summed E-state index contributed by atoms with van der Waals surface area (Å²) in [6.45, 7) is 2.12. The first kappa shape index (κ1) is 62.0. The monoisotopic (exact) mass is 1370 g/mol. The first-order valence-electron chi connectivity index (χ1n) is 19.3. The summed E-state index contributed by atoms with van der Waals surface area (Å²) >= 11 is 31.2. The van der Waals surface area contributed by atoms with Gasteiger partial charge in [-0.15, -0.1) is 90.7 Å². The van der Waals surface area contributed by atoms with Crippen LogP contribution in [0, 0.1) is 14.5 Å². The highest BCUT2D eigenvalue weighted by Gasteiger charge is 2.23. The summed E-state index contributed by atoms with van der Waals surface area (Å²) in [4.78, 5) is 65.8. The lowest BCUT2D eigenvalue weighted by Gasteiger charge is -1.94. The van der Waals surface area contributed by atoms with Crippen LogP contribution in [0.1, 0.15) is 42.4 Å². The number of carbonyl (C=O) groups excluding carboxylic acids is 3. The summed E-state index contributed by atoms with van der Waals surface area (Å²) in [6, 6.07) is 7.24. The molecule has 0 fully saturated rings. The average Bonchev–Trinajstić information content (AvgIpc) is 4.20. The maximum Gasteiger partial charge on any atom is 0.330 e. The molecular formula is C45H28Cl5F2IO11S9. The maximum absolute atomic E-state index is 13.1. The van der Waals surface area contributed by atoms with Crippen molar-refractivity contribution in [3.63, 3.8) is 0 Å². The van der Waals surface area contributed by atoms with Crippen LogP contribution in [0.2, 0.25) is 10.0 Å². The summed E-state index contributed by atoms with van der Waals surface area (Å²) in [7, 11) is 7.36. The molecule has 1 aliphatic rings. The van der Waals surface area contributed by atoms with Crippen LogP contribution in [0.3, 0.4) is 0 Å².